The molecule has 3 atom stereocenters. The number of nitrogens with one attached hydrogen (secondary N) is 1. The summed E-state index contributed by atoms with van der Waals surface area (Å²) in [4.78, 5) is 14.4. The number of carbonyl (C=O) groups is 1. The van der Waals surface area contributed by atoms with Gasteiger partial charge in [0.25, 0.3) is 0 Å². The van der Waals surface area contributed by atoms with E-state index in [2.05, 4.69) is 11.4 Å². The Morgan fingerprint density at radius 3 is 2.95 bits per heavy atom. The van der Waals surface area contributed by atoms with Crippen LogP contribution in [-0.2, 0) is 11.2 Å². The summed E-state index contributed by atoms with van der Waals surface area (Å²) in [7, 11) is 0. The van der Waals surface area contributed by atoms with Gasteiger partial charge in [-0.25, -0.2) is 0 Å². The van der Waals surface area contributed by atoms with Gasteiger partial charge < -0.3 is 15.3 Å². The number of rotatable bonds is 1. The molecule has 4 heteroatoms. The molecule has 2 heterocycles. The highest BCUT2D eigenvalue weighted by molar-refractivity contribution is 5.87. The molecule has 3 rings (SSSR count). The predicted molar refractivity (Wildman–Crippen MR) is 73.9 cm³/mol. The van der Waals surface area contributed by atoms with Crippen molar-refractivity contribution in [1.29, 1.82) is 0 Å². The molecule has 1 amide bonds. The number of hydrogen-bond acceptors (Lipinski definition) is 3. The highest BCUT2D eigenvalue weighted by Gasteiger charge is 2.33. The lowest BCUT2D eigenvalue weighted by atomic mass is 9.96. The fourth-order valence-corrected chi connectivity index (χ4v) is 3.00. The third kappa shape index (κ3) is 2.32. The van der Waals surface area contributed by atoms with Crippen LogP contribution in [0, 0.1) is 5.92 Å². The molecule has 1 aromatic carbocycles. The van der Waals surface area contributed by atoms with Crippen LogP contribution in [0.4, 0.5) is 5.69 Å². The standard InChI is InChI=1S/C15H20N2O2/c1-10-9-17(7-6-14(10)18)15(19)13-8-11-4-2-3-5-12(11)16-13/h2-5,10,13-14,16,18H,6-9H2,1H3. The normalized spacial score (nSPS) is 29.8. The number of hydrogen-bond donors (Lipinski definition) is 2. The molecular weight excluding hydrogens is 240 g/mol. The fourth-order valence-electron chi connectivity index (χ4n) is 3.00. The van der Waals surface area contributed by atoms with Crippen molar-refractivity contribution >= 4 is 11.6 Å². The number of aliphatic hydroxyl groups is 1. The van der Waals surface area contributed by atoms with Crippen LogP contribution in [0.5, 0.6) is 0 Å². The van der Waals surface area contributed by atoms with Gasteiger partial charge in [0.1, 0.15) is 6.04 Å². The summed E-state index contributed by atoms with van der Waals surface area (Å²) in [6.45, 7) is 3.33. The molecule has 0 aromatic heterocycles. The molecule has 1 aromatic rings. The Bertz CT molecular complexity index is 464. The summed E-state index contributed by atoms with van der Waals surface area (Å²) in [6, 6.07) is 7.94. The second kappa shape index (κ2) is 4.85. The van der Waals surface area contributed by atoms with E-state index in [9.17, 15) is 9.90 Å². The van der Waals surface area contributed by atoms with Crippen LogP contribution in [0.25, 0.3) is 0 Å². The minimum Gasteiger partial charge on any atom is -0.393 e. The number of carbonyl (C=O) groups excluding carboxylic acids is 1. The Labute approximate surface area is 113 Å². The molecule has 0 bridgehead atoms. The minimum atomic E-state index is -0.266. The Morgan fingerprint density at radius 1 is 1.42 bits per heavy atom. The molecule has 4 nitrogen and oxygen atoms in total. The monoisotopic (exact) mass is 260 g/mol. The first-order chi connectivity index (χ1) is 9.15. The second-order valence-corrected chi connectivity index (χ2v) is 5.68. The number of nitrogens with zero attached hydrogens (tertiary/aromatic N) is 1. The average Bonchev–Trinajstić information content (AvgIpc) is 2.85. The lowest BCUT2D eigenvalue weighted by molar-refractivity contribution is -0.135. The van der Waals surface area contributed by atoms with Crippen molar-refractivity contribution < 1.29 is 9.90 Å². The summed E-state index contributed by atoms with van der Waals surface area (Å²) in [6.07, 6.45) is 1.19. The molecule has 1 fully saturated rings. The van der Waals surface area contributed by atoms with Crippen molar-refractivity contribution in [3.8, 4) is 0 Å². The van der Waals surface area contributed by atoms with Crippen LogP contribution in [0.15, 0.2) is 24.3 Å². The topological polar surface area (TPSA) is 52.6 Å². The summed E-state index contributed by atoms with van der Waals surface area (Å²) >= 11 is 0. The van der Waals surface area contributed by atoms with Crippen LogP contribution in [0.1, 0.15) is 18.9 Å². The highest BCUT2D eigenvalue weighted by atomic mass is 16.3. The first-order valence-electron chi connectivity index (χ1n) is 6.96. The molecule has 2 N–H and O–H groups in total. The number of aliphatic hydroxyl groups excluding tert-OH is 1. The van der Waals surface area contributed by atoms with Gasteiger partial charge in [-0.3, -0.25) is 4.79 Å². The van der Waals surface area contributed by atoms with Crippen LogP contribution >= 0.6 is 0 Å². The van der Waals surface area contributed by atoms with Gasteiger partial charge >= 0.3 is 0 Å². The van der Waals surface area contributed by atoms with Crippen LogP contribution in [0.2, 0.25) is 0 Å². The quantitative estimate of drug-likeness (QED) is 0.799. The molecule has 3 unspecified atom stereocenters. The molecule has 2 aliphatic rings. The van der Waals surface area contributed by atoms with E-state index in [-0.39, 0.29) is 24.0 Å². The van der Waals surface area contributed by atoms with E-state index in [4.69, 9.17) is 0 Å². The number of benzene rings is 1. The maximum atomic E-state index is 12.5. The zero-order valence-electron chi connectivity index (χ0n) is 11.2. The van der Waals surface area contributed by atoms with Gasteiger partial charge in [-0.1, -0.05) is 25.1 Å². The molecule has 0 saturated carbocycles. The van der Waals surface area contributed by atoms with Crippen molar-refractivity contribution in [2.24, 2.45) is 5.92 Å². The van der Waals surface area contributed by atoms with Crippen molar-refractivity contribution in [1.82, 2.24) is 4.90 Å². The molecule has 2 aliphatic heterocycles. The lowest BCUT2D eigenvalue weighted by Gasteiger charge is -2.35. The minimum absolute atomic E-state index is 0.139. The van der Waals surface area contributed by atoms with Crippen molar-refractivity contribution in [2.45, 2.75) is 31.9 Å². The molecule has 102 valence electrons. The zero-order chi connectivity index (χ0) is 13.4. The highest BCUT2D eigenvalue weighted by Crippen LogP contribution is 2.27. The lowest BCUT2D eigenvalue weighted by Crippen LogP contribution is -2.49. The number of fused-ring (bicyclic) bond motifs is 1. The zero-order valence-corrected chi connectivity index (χ0v) is 11.2. The number of likely N-dealkylation sites (tertiary alicyclic amines) is 1. The molecule has 1 saturated heterocycles. The van der Waals surface area contributed by atoms with E-state index in [1.165, 1.54) is 5.56 Å². The van der Waals surface area contributed by atoms with Crippen LogP contribution in [-0.4, -0.2) is 41.1 Å². The first kappa shape index (κ1) is 12.5. The van der Waals surface area contributed by atoms with Crippen molar-refractivity contribution in [3.63, 3.8) is 0 Å². The SMILES string of the molecule is CC1CN(C(=O)C2Cc3ccccc3N2)CCC1O. The van der Waals surface area contributed by atoms with E-state index in [1.807, 2.05) is 30.0 Å². The van der Waals surface area contributed by atoms with Crippen LogP contribution in [0.3, 0.4) is 0 Å². The molecular formula is C15H20N2O2. The third-order valence-electron chi connectivity index (χ3n) is 4.24. The number of para-hydroxylation sites is 1. The fraction of sp³-hybridized carbons (Fsp3) is 0.533. The molecule has 0 spiro atoms. The summed E-state index contributed by atoms with van der Waals surface area (Å²) < 4.78 is 0. The van der Waals surface area contributed by atoms with Crippen molar-refractivity contribution in [3.05, 3.63) is 29.8 Å². The van der Waals surface area contributed by atoms with Gasteiger partial charge in [-0.2, -0.15) is 0 Å². The Hall–Kier alpha value is -1.55. The third-order valence-corrected chi connectivity index (χ3v) is 4.24. The Morgan fingerprint density at radius 2 is 2.21 bits per heavy atom. The maximum absolute atomic E-state index is 12.5. The first-order valence-corrected chi connectivity index (χ1v) is 6.96. The van der Waals surface area contributed by atoms with Gasteiger partial charge in [0.05, 0.1) is 6.10 Å². The maximum Gasteiger partial charge on any atom is 0.245 e. The molecule has 19 heavy (non-hydrogen) atoms. The molecule has 0 radical (unpaired) electrons. The van der Waals surface area contributed by atoms with E-state index in [1.54, 1.807) is 0 Å². The van der Waals surface area contributed by atoms with E-state index in [0.29, 0.717) is 19.5 Å². The van der Waals surface area contributed by atoms with Gasteiger partial charge in [-0.15, -0.1) is 0 Å². The summed E-state index contributed by atoms with van der Waals surface area (Å²) in [5.74, 6) is 0.330. The van der Waals surface area contributed by atoms with Gasteiger partial charge in [0.2, 0.25) is 5.91 Å². The van der Waals surface area contributed by atoms with Gasteiger partial charge in [0.15, 0.2) is 0 Å². The second-order valence-electron chi connectivity index (χ2n) is 5.68. The van der Waals surface area contributed by atoms with E-state index in [0.717, 1.165) is 12.1 Å². The largest absolute Gasteiger partial charge is 0.393 e. The van der Waals surface area contributed by atoms with E-state index >= 15 is 0 Å². The van der Waals surface area contributed by atoms with Crippen molar-refractivity contribution in [2.75, 3.05) is 18.4 Å². The van der Waals surface area contributed by atoms with Gasteiger partial charge in [0, 0.05) is 25.2 Å². The summed E-state index contributed by atoms with van der Waals surface area (Å²) in [5.41, 5.74) is 2.29. The summed E-state index contributed by atoms with van der Waals surface area (Å²) in [5, 5.41) is 13.0. The average molecular weight is 260 g/mol. The number of piperidine rings is 1. The number of anilines is 1. The smallest absolute Gasteiger partial charge is 0.245 e. The predicted octanol–water partition coefficient (Wildman–Crippen LogP) is 1.25. The Balaban J connectivity index is 1.67. The number of amides is 1. The Kier molecular flexibility index (Phi) is 3.19. The van der Waals surface area contributed by atoms with Gasteiger partial charge in [-0.05, 0) is 24.0 Å². The van der Waals surface area contributed by atoms with Crippen LogP contribution < -0.4 is 5.32 Å². The molecule has 0 aliphatic carbocycles. The van der Waals surface area contributed by atoms with E-state index < -0.39 is 0 Å².